The number of dihydropyridines is 1. The first kappa shape index (κ1) is 23.0. The van der Waals surface area contributed by atoms with E-state index in [1.54, 1.807) is 49.4 Å². The highest BCUT2D eigenvalue weighted by Crippen LogP contribution is 2.46. The zero-order chi connectivity index (χ0) is 23.7. The third kappa shape index (κ3) is 4.78. The number of nitrogens with one attached hydrogen (secondary N) is 1. The van der Waals surface area contributed by atoms with Crippen molar-refractivity contribution in [3.05, 3.63) is 74.8 Å². The fourth-order valence-electron chi connectivity index (χ4n) is 4.54. The summed E-state index contributed by atoms with van der Waals surface area (Å²) in [5.41, 5.74) is 3.37. The second-order valence-electron chi connectivity index (χ2n) is 8.65. The number of Topliss-reactive ketones (excluding diaryl/α,β-unsaturated/α-hetero) is 1. The van der Waals surface area contributed by atoms with Gasteiger partial charge in [-0.1, -0.05) is 18.2 Å². The third-order valence-corrected chi connectivity index (χ3v) is 6.85. The van der Waals surface area contributed by atoms with Crippen molar-refractivity contribution in [2.75, 3.05) is 0 Å². The van der Waals surface area contributed by atoms with E-state index >= 15 is 0 Å². The Balaban J connectivity index is 1.77. The molecule has 1 N–H and O–H groups in total. The Morgan fingerprint density at radius 2 is 1.85 bits per heavy atom. The SMILES string of the molecule is CC(=O)Oc1ccc([C@H]2C(C(=O)OC(C)C)=C(C)NC3=C2C(=O)C[C@@H](c2cccs2)C3)cc1. The smallest absolute Gasteiger partial charge is 0.337 e. The molecule has 0 spiro atoms. The number of ether oxygens (including phenoxy) is 2. The number of hydrogen-bond acceptors (Lipinski definition) is 7. The highest BCUT2D eigenvalue weighted by atomic mass is 32.1. The number of carbonyl (C=O) groups excluding carboxylic acids is 3. The van der Waals surface area contributed by atoms with E-state index < -0.39 is 17.9 Å². The van der Waals surface area contributed by atoms with Gasteiger partial charge in [-0.15, -0.1) is 11.3 Å². The number of allylic oxidation sites excluding steroid dienone is 3. The molecule has 0 bridgehead atoms. The van der Waals surface area contributed by atoms with Gasteiger partial charge in [0.1, 0.15) is 5.75 Å². The molecule has 33 heavy (non-hydrogen) atoms. The van der Waals surface area contributed by atoms with Gasteiger partial charge in [0, 0.05) is 47.0 Å². The largest absolute Gasteiger partial charge is 0.460 e. The molecule has 172 valence electrons. The Morgan fingerprint density at radius 3 is 2.45 bits per heavy atom. The van der Waals surface area contributed by atoms with Gasteiger partial charge in [-0.25, -0.2) is 4.79 Å². The molecule has 2 aromatic rings. The van der Waals surface area contributed by atoms with Crippen molar-refractivity contribution >= 4 is 29.1 Å². The van der Waals surface area contributed by atoms with E-state index in [1.165, 1.54) is 11.8 Å². The lowest BCUT2D eigenvalue weighted by molar-refractivity contribution is -0.143. The van der Waals surface area contributed by atoms with Crippen LogP contribution < -0.4 is 10.1 Å². The molecule has 0 radical (unpaired) electrons. The molecule has 0 saturated carbocycles. The fourth-order valence-corrected chi connectivity index (χ4v) is 5.37. The maximum absolute atomic E-state index is 13.5. The molecule has 1 aliphatic carbocycles. The summed E-state index contributed by atoms with van der Waals surface area (Å²) in [6.45, 7) is 6.79. The Hall–Kier alpha value is -3.19. The monoisotopic (exact) mass is 465 g/mol. The standard InChI is InChI=1S/C26H27NO5S/c1-14(2)31-26(30)23-15(3)27-20-12-18(22-6-5-11-33-22)13-21(29)25(20)24(23)17-7-9-19(10-8-17)32-16(4)28/h5-11,14,18,24,27H,12-13H2,1-4H3/t18-,24-/m0/s1. The minimum absolute atomic E-state index is 0.0264. The van der Waals surface area contributed by atoms with Gasteiger partial charge in [-0.05, 0) is 56.3 Å². The minimum atomic E-state index is -0.546. The summed E-state index contributed by atoms with van der Waals surface area (Å²) in [6, 6.07) is 11.0. The maximum atomic E-state index is 13.5. The summed E-state index contributed by atoms with van der Waals surface area (Å²) in [4.78, 5) is 39.1. The summed E-state index contributed by atoms with van der Waals surface area (Å²) in [6.07, 6.45) is 0.813. The van der Waals surface area contributed by atoms with Gasteiger partial charge >= 0.3 is 11.9 Å². The minimum Gasteiger partial charge on any atom is -0.460 e. The number of esters is 2. The Bertz CT molecular complexity index is 1140. The number of hydrogen-bond donors (Lipinski definition) is 1. The second kappa shape index (κ2) is 9.35. The number of rotatable bonds is 5. The van der Waals surface area contributed by atoms with E-state index in [-0.39, 0.29) is 17.8 Å². The van der Waals surface area contributed by atoms with Crippen LogP contribution in [0.15, 0.2) is 64.3 Å². The van der Waals surface area contributed by atoms with Crippen LogP contribution in [0, 0.1) is 0 Å². The average Bonchev–Trinajstić information content (AvgIpc) is 3.27. The van der Waals surface area contributed by atoms with Crippen LogP contribution in [-0.4, -0.2) is 23.8 Å². The topological polar surface area (TPSA) is 81.7 Å². The van der Waals surface area contributed by atoms with Crippen LogP contribution in [0.5, 0.6) is 5.75 Å². The highest BCUT2D eigenvalue weighted by Gasteiger charge is 2.41. The maximum Gasteiger partial charge on any atom is 0.337 e. The average molecular weight is 466 g/mol. The summed E-state index contributed by atoms with van der Waals surface area (Å²) in [7, 11) is 0. The Kier molecular flexibility index (Phi) is 6.51. The molecule has 0 unspecified atom stereocenters. The Labute approximate surface area is 197 Å². The van der Waals surface area contributed by atoms with Gasteiger partial charge in [0.15, 0.2) is 5.78 Å². The summed E-state index contributed by atoms with van der Waals surface area (Å²) in [5, 5.41) is 5.38. The molecule has 7 heteroatoms. The highest BCUT2D eigenvalue weighted by molar-refractivity contribution is 7.10. The normalized spacial score (nSPS) is 20.5. The van der Waals surface area contributed by atoms with Gasteiger partial charge < -0.3 is 14.8 Å². The lowest BCUT2D eigenvalue weighted by Crippen LogP contribution is -2.36. The van der Waals surface area contributed by atoms with Crippen molar-refractivity contribution < 1.29 is 23.9 Å². The molecule has 1 aliphatic heterocycles. The van der Waals surface area contributed by atoms with Crippen molar-refractivity contribution in [1.82, 2.24) is 5.32 Å². The van der Waals surface area contributed by atoms with Crippen LogP contribution >= 0.6 is 11.3 Å². The Morgan fingerprint density at radius 1 is 1.12 bits per heavy atom. The predicted molar refractivity (Wildman–Crippen MR) is 126 cm³/mol. The summed E-state index contributed by atoms with van der Waals surface area (Å²) < 4.78 is 10.7. The predicted octanol–water partition coefficient (Wildman–Crippen LogP) is 4.99. The molecule has 2 heterocycles. The van der Waals surface area contributed by atoms with Gasteiger partial charge in [-0.3, -0.25) is 9.59 Å². The van der Waals surface area contributed by atoms with Crippen LogP contribution in [0.1, 0.15) is 62.8 Å². The van der Waals surface area contributed by atoms with E-state index in [1.807, 2.05) is 18.4 Å². The summed E-state index contributed by atoms with van der Waals surface area (Å²) >= 11 is 1.66. The van der Waals surface area contributed by atoms with Crippen molar-refractivity contribution in [2.45, 2.75) is 58.5 Å². The molecule has 2 atom stereocenters. The molecular weight excluding hydrogens is 438 g/mol. The summed E-state index contributed by atoms with van der Waals surface area (Å²) in [5.74, 6) is -0.839. The second-order valence-corrected chi connectivity index (χ2v) is 9.63. The number of thiophene rings is 1. The van der Waals surface area contributed by atoms with E-state index in [0.717, 1.165) is 11.3 Å². The molecular formula is C26H27NO5S. The number of benzene rings is 1. The zero-order valence-corrected chi connectivity index (χ0v) is 20.0. The van der Waals surface area contributed by atoms with E-state index in [2.05, 4.69) is 11.4 Å². The van der Waals surface area contributed by atoms with Crippen molar-refractivity contribution in [1.29, 1.82) is 0 Å². The van der Waals surface area contributed by atoms with E-state index in [0.29, 0.717) is 35.4 Å². The molecule has 1 aromatic carbocycles. The third-order valence-electron chi connectivity index (χ3n) is 5.81. The molecule has 1 aromatic heterocycles. The molecule has 0 saturated heterocycles. The molecule has 4 rings (SSSR count). The lowest BCUT2D eigenvalue weighted by atomic mass is 9.72. The first-order chi connectivity index (χ1) is 15.7. The zero-order valence-electron chi connectivity index (χ0n) is 19.1. The first-order valence-corrected chi connectivity index (χ1v) is 11.9. The van der Waals surface area contributed by atoms with Crippen LogP contribution in [-0.2, 0) is 19.1 Å². The van der Waals surface area contributed by atoms with Crippen LogP contribution in [0.3, 0.4) is 0 Å². The number of ketones is 1. The van der Waals surface area contributed by atoms with Crippen molar-refractivity contribution in [3.8, 4) is 5.75 Å². The van der Waals surface area contributed by atoms with E-state index in [9.17, 15) is 14.4 Å². The molecule has 0 fully saturated rings. The molecule has 6 nitrogen and oxygen atoms in total. The van der Waals surface area contributed by atoms with Gasteiger partial charge in [-0.2, -0.15) is 0 Å². The fraction of sp³-hybridized carbons (Fsp3) is 0.346. The van der Waals surface area contributed by atoms with Gasteiger partial charge in [0.25, 0.3) is 0 Å². The molecule has 2 aliphatic rings. The number of carbonyl (C=O) groups is 3. The quantitative estimate of drug-likeness (QED) is 0.495. The first-order valence-electron chi connectivity index (χ1n) is 11.0. The van der Waals surface area contributed by atoms with E-state index in [4.69, 9.17) is 9.47 Å². The molecule has 0 amide bonds. The van der Waals surface area contributed by atoms with Crippen LogP contribution in [0.2, 0.25) is 0 Å². The van der Waals surface area contributed by atoms with Gasteiger partial charge in [0.05, 0.1) is 11.7 Å². The van der Waals surface area contributed by atoms with Crippen LogP contribution in [0.4, 0.5) is 0 Å². The van der Waals surface area contributed by atoms with Gasteiger partial charge in [0.2, 0.25) is 0 Å². The van der Waals surface area contributed by atoms with Crippen molar-refractivity contribution in [2.24, 2.45) is 0 Å². The van der Waals surface area contributed by atoms with Crippen molar-refractivity contribution in [3.63, 3.8) is 0 Å². The lowest BCUT2D eigenvalue weighted by Gasteiger charge is -2.36. The van der Waals surface area contributed by atoms with Crippen LogP contribution in [0.25, 0.3) is 0 Å².